The number of imide groups is 1. The lowest BCUT2D eigenvalue weighted by Crippen LogP contribution is -2.53. The molecule has 2 saturated heterocycles. The number of sulfone groups is 1. The van der Waals surface area contributed by atoms with Crippen molar-refractivity contribution in [3.05, 3.63) is 93.6 Å². The number of benzene rings is 2. The monoisotopic (exact) mass is 1280 g/mol. The van der Waals surface area contributed by atoms with Gasteiger partial charge in [0.1, 0.15) is 41.3 Å². The van der Waals surface area contributed by atoms with E-state index in [9.17, 15) is 61.5 Å². The summed E-state index contributed by atoms with van der Waals surface area (Å²) in [6.07, 6.45) is 5.33. The second-order valence-electron chi connectivity index (χ2n) is 24.5. The zero-order valence-corrected chi connectivity index (χ0v) is 54.1. The zero-order valence-electron chi connectivity index (χ0n) is 52.6. The van der Waals surface area contributed by atoms with Crippen LogP contribution in [0.5, 0.6) is 0 Å². The van der Waals surface area contributed by atoms with Crippen LogP contribution in [0.15, 0.2) is 71.2 Å². The highest BCUT2D eigenvalue weighted by atomic mass is 35.5. The summed E-state index contributed by atoms with van der Waals surface area (Å²) in [6.45, 7) is 12.3. The largest absolute Gasteiger partial charge is 0.462 e. The number of allylic oxidation sites excluding steroid dienone is 3. The summed E-state index contributed by atoms with van der Waals surface area (Å²) in [6, 6.07) is 3.93. The molecule has 0 radical (unpaired) electrons. The predicted molar refractivity (Wildman–Crippen MR) is 329 cm³/mol. The van der Waals surface area contributed by atoms with Gasteiger partial charge in [0.15, 0.2) is 15.6 Å². The Morgan fingerprint density at radius 3 is 2.31 bits per heavy atom. The molecule has 5 N–H and O–H groups in total. The molecule has 0 spiro atoms. The van der Waals surface area contributed by atoms with E-state index >= 15 is 0 Å². The molecular formula is C64H85ClN6O17S. The van der Waals surface area contributed by atoms with Crippen molar-refractivity contribution in [2.45, 2.75) is 178 Å². The number of anilines is 1. The standard InChI is InChI=1S/C64H85ClN6O17S/c1-36(2)45(32-44(72)18-13-12-14-26-71-53(74)23-24-54(71)75)59(78)68-46(19-16-25-67-62(66)81)48(73)30-42-21-22-43(31-50(42)89(11,83)84)60(79)69(8)40(6)61(80)87-52-33-55(76)70(9)47-29-41(28-38(4)57(47)65)27-37(3)17-15-20-51(85-10)64(82)34-49(86-56(77)35-64)39(5)58-63(52,7)88-58/h15,17,20-24,28-29,31,36,39-40,45-46,49,51-52,58,82H,12-14,16,18-19,25-27,30,32-35H2,1-11H3,(H,68,78)(H3,66,67,81)/b20-15+,37-17+/t39-,40+,45+,46+,49+,51-,52+,58+,63+,64-/m1/s1. The van der Waals surface area contributed by atoms with Gasteiger partial charge in [0.2, 0.25) is 11.8 Å². The van der Waals surface area contributed by atoms with Crippen molar-refractivity contribution >= 4 is 86.2 Å². The third-order valence-electron chi connectivity index (χ3n) is 17.3. The second-order valence-corrected chi connectivity index (χ2v) is 26.9. The molecular weight excluding hydrogens is 1190 g/mol. The average Bonchev–Trinajstić information content (AvgIpc) is 1.60. The summed E-state index contributed by atoms with van der Waals surface area (Å²) >= 11 is 6.87. The number of hydrogen-bond donors (Lipinski definition) is 4. The Morgan fingerprint density at radius 2 is 1.67 bits per heavy atom. The fourth-order valence-corrected chi connectivity index (χ4v) is 12.9. The summed E-state index contributed by atoms with van der Waals surface area (Å²) in [5.74, 6) is -7.03. The minimum Gasteiger partial charge on any atom is -0.462 e. The molecule has 23 nitrogen and oxygen atoms in total. The number of unbranched alkanes of at least 4 members (excludes halogenated alkanes) is 2. The van der Waals surface area contributed by atoms with Crippen LogP contribution in [0.25, 0.3) is 0 Å². The van der Waals surface area contributed by atoms with E-state index in [4.69, 9.17) is 36.3 Å². The van der Waals surface area contributed by atoms with E-state index in [-0.39, 0.29) is 79.3 Å². The highest BCUT2D eigenvalue weighted by Gasteiger charge is 2.64. The molecule has 4 aliphatic heterocycles. The van der Waals surface area contributed by atoms with Gasteiger partial charge in [0, 0.05) is 95.8 Å². The number of amides is 7. The summed E-state index contributed by atoms with van der Waals surface area (Å²) in [4.78, 5) is 136. The molecule has 2 aromatic rings. The van der Waals surface area contributed by atoms with Gasteiger partial charge in [-0.1, -0.05) is 74.7 Å². The van der Waals surface area contributed by atoms with Crippen LogP contribution in [-0.4, -0.2) is 171 Å². The first-order valence-electron chi connectivity index (χ1n) is 29.9. The number of esters is 2. The summed E-state index contributed by atoms with van der Waals surface area (Å²) in [7, 11) is 0.0785. The third-order valence-corrected chi connectivity index (χ3v) is 19.0. The van der Waals surface area contributed by atoms with E-state index in [1.54, 1.807) is 53.0 Å². The van der Waals surface area contributed by atoms with Gasteiger partial charge in [-0.05, 0) is 101 Å². The van der Waals surface area contributed by atoms with Crippen molar-refractivity contribution in [3.63, 3.8) is 0 Å². The number of fused-ring (bicyclic) bond motifs is 5. The SMILES string of the molecule is CO[C@@H]1/C=C/C=C(\C)Cc2cc(C)c(Cl)c(c2)N(C)C(=O)C[C@H](OC(=O)[C@H](C)N(C)C(=O)c2ccc(CC(=O)[C@H](CCCNC(N)=O)NC(=O)[C@@H](CC(=O)CCCCCN3C(=O)C=CC3=O)C(C)C)c(S(C)(=O)=O)c2)[C@]2(C)O[C@H]2[C@H](C)[C@@H]2C[C@@]1(O)CC(=O)O2. The van der Waals surface area contributed by atoms with Gasteiger partial charge in [-0.2, -0.15) is 0 Å². The number of likely N-dealkylation sites (N-methyl/N-ethyl adjacent to an activating group) is 1. The number of aryl methyl sites for hydroxylation is 1. The lowest BCUT2D eigenvalue weighted by molar-refractivity contribution is -0.187. The molecule has 89 heavy (non-hydrogen) atoms. The van der Waals surface area contributed by atoms with E-state index in [1.807, 2.05) is 26.0 Å². The molecule has 7 amide bonds. The average molecular weight is 1280 g/mol. The maximum atomic E-state index is 14.5. The molecule has 2 aromatic carbocycles. The summed E-state index contributed by atoms with van der Waals surface area (Å²) < 4.78 is 51.2. The Balaban J connectivity index is 1.20. The van der Waals surface area contributed by atoms with Crippen LogP contribution >= 0.6 is 11.6 Å². The molecule has 0 aromatic heterocycles. The van der Waals surface area contributed by atoms with Crippen LogP contribution < -0.4 is 21.3 Å². The molecule has 10 atom stereocenters. The van der Waals surface area contributed by atoms with Gasteiger partial charge in [-0.15, -0.1) is 0 Å². The van der Waals surface area contributed by atoms with Crippen molar-refractivity contribution in [1.29, 1.82) is 0 Å². The van der Waals surface area contributed by atoms with E-state index in [0.29, 0.717) is 42.0 Å². The van der Waals surface area contributed by atoms with Crippen LogP contribution in [0.2, 0.25) is 5.02 Å². The molecule has 0 unspecified atom stereocenters. The number of halogens is 1. The fourth-order valence-electron chi connectivity index (χ4n) is 11.7. The van der Waals surface area contributed by atoms with E-state index in [1.165, 1.54) is 50.3 Å². The number of primary amides is 1. The van der Waals surface area contributed by atoms with E-state index in [2.05, 4.69) is 10.6 Å². The Kier molecular flexibility index (Phi) is 24.0. The molecule has 2 fully saturated rings. The van der Waals surface area contributed by atoms with E-state index < -0.39 is 136 Å². The highest BCUT2D eigenvalue weighted by Crippen LogP contribution is 2.50. The number of carbonyl (C=O) groups excluding carboxylic acids is 10. The Labute approximate surface area is 525 Å². The van der Waals surface area contributed by atoms with Crippen molar-refractivity contribution in [3.8, 4) is 0 Å². The van der Waals surface area contributed by atoms with Crippen LogP contribution in [0.4, 0.5) is 10.5 Å². The van der Waals surface area contributed by atoms with Crippen LogP contribution in [-0.2, 0) is 80.0 Å². The fraction of sp³-hybridized carbons (Fsp3) is 0.562. The Hall–Kier alpha value is -7.12. The minimum atomic E-state index is -4.19. The summed E-state index contributed by atoms with van der Waals surface area (Å²) in [5, 5.41) is 17.6. The van der Waals surface area contributed by atoms with Crippen molar-refractivity contribution in [2.75, 3.05) is 45.5 Å². The van der Waals surface area contributed by atoms with Crippen molar-refractivity contribution in [1.82, 2.24) is 20.4 Å². The number of urea groups is 1. The Morgan fingerprint density at radius 1 is 0.989 bits per heavy atom. The lowest BCUT2D eigenvalue weighted by atomic mass is 9.78. The van der Waals surface area contributed by atoms with Gasteiger partial charge in [0.05, 0.1) is 40.6 Å². The summed E-state index contributed by atoms with van der Waals surface area (Å²) in [5.41, 5.74) is 4.83. The normalized spacial score (nSPS) is 25.0. The maximum Gasteiger partial charge on any atom is 0.328 e. The minimum absolute atomic E-state index is 0.0141. The molecule has 6 rings (SSSR count). The van der Waals surface area contributed by atoms with Crippen LogP contribution in [0, 0.1) is 24.7 Å². The quantitative estimate of drug-likeness (QED) is 0.0434. The number of rotatable bonds is 24. The van der Waals surface area contributed by atoms with Gasteiger partial charge in [0.25, 0.3) is 17.7 Å². The number of Topliss-reactive ketones (excluding diaryl/α,β-unsaturated/α-hetero) is 2. The molecule has 0 saturated carbocycles. The molecule has 0 aliphatic carbocycles. The highest BCUT2D eigenvalue weighted by molar-refractivity contribution is 7.90. The first-order valence-corrected chi connectivity index (χ1v) is 32.2. The van der Waals surface area contributed by atoms with Gasteiger partial charge >= 0.3 is 18.0 Å². The van der Waals surface area contributed by atoms with Crippen molar-refractivity contribution in [2.24, 2.45) is 23.5 Å². The number of nitrogens with one attached hydrogen (secondary N) is 2. The topological polar surface area (TPSA) is 325 Å². The number of aliphatic hydroxyl groups is 1. The molecule has 4 heterocycles. The van der Waals surface area contributed by atoms with Gasteiger partial charge in [-0.25, -0.2) is 18.0 Å². The molecule has 4 aliphatic rings. The smallest absolute Gasteiger partial charge is 0.328 e. The van der Waals surface area contributed by atoms with Crippen LogP contribution in [0.1, 0.15) is 133 Å². The number of epoxide rings is 1. The van der Waals surface area contributed by atoms with Crippen LogP contribution in [0.3, 0.4) is 0 Å². The molecule has 4 bridgehead atoms. The predicted octanol–water partition coefficient (Wildman–Crippen LogP) is 5.54. The lowest BCUT2D eigenvalue weighted by Gasteiger charge is -2.41. The first kappa shape index (κ1) is 71.0. The molecule has 25 heteroatoms. The number of nitrogens with two attached hydrogens (primary N) is 1. The maximum absolute atomic E-state index is 14.5. The van der Waals surface area contributed by atoms with Gasteiger partial charge in [-0.3, -0.25) is 43.3 Å². The first-order chi connectivity index (χ1) is 41.7. The van der Waals surface area contributed by atoms with E-state index in [0.717, 1.165) is 33.3 Å². The number of nitrogens with zero attached hydrogens (tertiary/aromatic N) is 3. The number of carbonyl (C=O) groups is 10. The number of ketones is 2. The number of hydrogen-bond acceptors (Lipinski definition) is 17. The third kappa shape index (κ3) is 18.1. The molecule has 486 valence electrons. The second kappa shape index (κ2) is 30.1. The van der Waals surface area contributed by atoms with Crippen molar-refractivity contribution < 1.29 is 80.4 Å². The number of methoxy groups -OCH3 is 1. The zero-order chi connectivity index (χ0) is 66.0. The Bertz CT molecular complexity index is 3270. The van der Waals surface area contributed by atoms with Gasteiger partial charge < -0.3 is 50.2 Å². The number of ether oxygens (including phenoxy) is 4.